The Bertz CT molecular complexity index is 1100. The largest absolute Gasteiger partial charge is 0.416 e. The highest BCUT2D eigenvalue weighted by Gasteiger charge is 2.30. The number of benzene rings is 1. The lowest BCUT2D eigenvalue weighted by Crippen LogP contribution is -2.35. The molecule has 0 amide bonds. The number of hydrogen-bond donors (Lipinski definition) is 2. The Kier molecular flexibility index (Phi) is 4.82. The molecule has 0 atom stereocenters. The van der Waals surface area contributed by atoms with Crippen molar-refractivity contribution in [3.63, 3.8) is 0 Å². The van der Waals surface area contributed by atoms with Crippen LogP contribution in [0.25, 0.3) is 11.4 Å². The number of hydrogen-bond acceptors (Lipinski definition) is 3. The average molecular weight is 402 g/mol. The van der Waals surface area contributed by atoms with Gasteiger partial charge in [-0.15, -0.1) is 0 Å². The van der Waals surface area contributed by atoms with Gasteiger partial charge in [0.2, 0.25) is 0 Å². The van der Waals surface area contributed by atoms with Gasteiger partial charge in [-0.1, -0.05) is 12.1 Å². The Hall–Kier alpha value is -2.87. The number of rotatable bonds is 3. The Balaban J connectivity index is 1.57. The first-order chi connectivity index (χ1) is 13.7. The number of alkyl halides is 3. The maximum absolute atomic E-state index is 12.8. The molecule has 0 spiro atoms. The lowest BCUT2D eigenvalue weighted by atomic mass is 10.1. The Morgan fingerprint density at radius 1 is 1.14 bits per heavy atom. The molecule has 1 aliphatic heterocycles. The van der Waals surface area contributed by atoms with E-state index in [0.717, 1.165) is 36.6 Å². The van der Waals surface area contributed by atoms with E-state index in [-0.39, 0.29) is 5.56 Å². The first kappa shape index (κ1) is 19.4. The van der Waals surface area contributed by atoms with Crippen molar-refractivity contribution in [2.75, 3.05) is 6.54 Å². The third-order valence-electron chi connectivity index (χ3n) is 5.27. The van der Waals surface area contributed by atoms with E-state index in [1.165, 1.54) is 17.7 Å². The maximum Gasteiger partial charge on any atom is 0.416 e. The minimum absolute atomic E-state index is 0.242. The molecule has 0 radical (unpaired) electrons. The summed E-state index contributed by atoms with van der Waals surface area (Å²) in [6, 6.07) is 6.75. The zero-order chi connectivity index (χ0) is 20.8. The van der Waals surface area contributed by atoms with Gasteiger partial charge in [0, 0.05) is 43.0 Å². The Morgan fingerprint density at radius 3 is 2.48 bits per heavy atom. The maximum atomic E-state index is 12.8. The molecule has 5 nitrogen and oxygen atoms in total. The van der Waals surface area contributed by atoms with E-state index in [2.05, 4.69) is 32.8 Å². The summed E-state index contributed by atoms with van der Waals surface area (Å²) in [5, 5.41) is 0. The average Bonchev–Trinajstić information content (AvgIpc) is 2.98. The zero-order valence-electron chi connectivity index (χ0n) is 16.2. The molecule has 0 bridgehead atoms. The molecular weight excluding hydrogens is 381 g/mol. The van der Waals surface area contributed by atoms with Crippen LogP contribution >= 0.6 is 0 Å². The van der Waals surface area contributed by atoms with Crippen LogP contribution in [0, 0.1) is 13.8 Å². The lowest BCUT2D eigenvalue weighted by Gasteiger charge is -2.27. The molecule has 0 unspecified atom stereocenters. The number of aryl methyl sites for hydroxylation is 2. The Morgan fingerprint density at radius 2 is 1.86 bits per heavy atom. The number of aromatic amines is 2. The zero-order valence-corrected chi connectivity index (χ0v) is 16.2. The molecule has 0 saturated heterocycles. The predicted molar refractivity (Wildman–Crippen MR) is 103 cm³/mol. The smallest absolute Gasteiger partial charge is 0.361 e. The number of aromatic nitrogens is 3. The second-order valence-electron chi connectivity index (χ2n) is 7.49. The van der Waals surface area contributed by atoms with Gasteiger partial charge in [-0.05, 0) is 37.6 Å². The quantitative estimate of drug-likeness (QED) is 0.697. The minimum atomic E-state index is -4.39. The van der Waals surface area contributed by atoms with Crippen LogP contribution in [0.2, 0.25) is 0 Å². The molecule has 29 heavy (non-hydrogen) atoms. The molecular formula is C21H21F3N4O. The monoisotopic (exact) mass is 402 g/mol. The number of nitrogens with one attached hydrogen (secondary N) is 2. The van der Waals surface area contributed by atoms with Crippen LogP contribution in [0.15, 0.2) is 35.1 Å². The first-order valence-corrected chi connectivity index (χ1v) is 9.38. The van der Waals surface area contributed by atoms with E-state index in [0.29, 0.717) is 35.6 Å². The third kappa shape index (κ3) is 3.98. The molecule has 3 aromatic rings. The van der Waals surface area contributed by atoms with Gasteiger partial charge in [0.25, 0.3) is 5.56 Å². The molecule has 0 saturated carbocycles. The van der Waals surface area contributed by atoms with Crippen LogP contribution in [0.4, 0.5) is 13.2 Å². The van der Waals surface area contributed by atoms with Crippen LogP contribution in [-0.2, 0) is 25.7 Å². The molecule has 1 aromatic carbocycles. The molecule has 0 aliphatic carbocycles. The molecule has 0 fully saturated rings. The summed E-state index contributed by atoms with van der Waals surface area (Å²) in [5.41, 5.74) is 4.25. The van der Waals surface area contributed by atoms with E-state index in [1.807, 2.05) is 6.92 Å². The normalized spacial score (nSPS) is 14.8. The van der Waals surface area contributed by atoms with E-state index in [4.69, 9.17) is 0 Å². The van der Waals surface area contributed by atoms with Crippen molar-refractivity contribution in [3.8, 4) is 11.4 Å². The highest BCUT2D eigenvalue weighted by Crippen LogP contribution is 2.30. The van der Waals surface area contributed by atoms with Gasteiger partial charge >= 0.3 is 6.18 Å². The van der Waals surface area contributed by atoms with E-state index >= 15 is 0 Å². The van der Waals surface area contributed by atoms with Crippen molar-refractivity contribution in [1.82, 2.24) is 19.9 Å². The SMILES string of the molecule is Cc1cc(C)c(CN2CCc3nc(-c4ccc(C(F)(F)F)cc4)[nH]c(=O)c3C2)[nH]1. The van der Waals surface area contributed by atoms with Crippen LogP contribution in [0.1, 0.15) is 33.8 Å². The topological polar surface area (TPSA) is 64.8 Å². The number of fused-ring (bicyclic) bond motifs is 1. The van der Waals surface area contributed by atoms with Crippen molar-refractivity contribution in [1.29, 1.82) is 0 Å². The summed E-state index contributed by atoms with van der Waals surface area (Å²) in [7, 11) is 0. The van der Waals surface area contributed by atoms with Gasteiger partial charge < -0.3 is 9.97 Å². The first-order valence-electron chi connectivity index (χ1n) is 9.38. The molecule has 8 heteroatoms. The summed E-state index contributed by atoms with van der Waals surface area (Å²) in [6.45, 7) is 6.04. The fourth-order valence-electron chi connectivity index (χ4n) is 3.74. The Labute approximate surface area is 165 Å². The number of nitrogens with zero attached hydrogens (tertiary/aromatic N) is 2. The molecule has 2 N–H and O–H groups in total. The van der Waals surface area contributed by atoms with Crippen molar-refractivity contribution in [2.45, 2.75) is 39.5 Å². The number of H-pyrrole nitrogens is 2. The van der Waals surface area contributed by atoms with Crippen molar-refractivity contribution < 1.29 is 13.2 Å². The van der Waals surface area contributed by atoms with Crippen molar-refractivity contribution in [3.05, 3.63) is 74.5 Å². The second-order valence-corrected chi connectivity index (χ2v) is 7.49. The summed E-state index contributed by atoms with van der Waals surface area (Å²) in [6.07, 6.45) is -3.78. The summed E-state index contributed by atoms with van der Waals surface area (Å²) in [4.78, 5) is 25.4. The second kappa shape index (κ2) is 7.18. The fourth-order valence-corrected chi connectivity index (χ4v) is 3.74. The fraction of sp³-hybridized carbons (Fsp3) is 0.333. The van der Waals surface area contributed by atoms with Gasteiger partial charge in [0.15, 0.2) is 0 Å². The van der Waals surface area contributed by atoms with Crippen molar-refractivity contribution >= 4 is 0 Å². The molecule has 1 aliphatic rings. The highest BCUT2D eigenvalue weighted by atomic mass is 19.4. The van der Waals surface area contributed by atoms with Crippen LogP contribution < -0.4 is 5.56 Å². The standard InChI is InChI=1S/C21H21F3N4O/c1-12-9-13(2)25-18(12)11-28-8-7-17-16(10-28)20(29)27-19(26-17)14-3-5-15(6-4-14)21(22,23)24/h3-6,9,25H,7-8,10-11H2,1-2H3,(H,26,27,29). The molecule has 2 aromatic heterocycles. The van der Waals surface area contributed by atoms with Crippen LogP contribution in [-0.4, -0.2) is 26.4 Å². The molecule has 3 heterocycles. The van der Waals surface area contributed by atoms with Crippen LogP contribution in [0.3, 0.4) is 0 Å². The summed E-state index contributed by atoms with van der Waals surface area (Å²) >= 11 is 0. The van der Waals surface area contributed by atoms with Gasteiger partial charge in [0.1, 0.15) is 5.82 Å². The van der Waals surface area contributed by atoms with E-state index in [1.54, 1.807) is 0 Å². The molecule has 152 valence electrons. The van der Waals surface area contributed by atoms with E-state index < -0.39 is 11.7 Å². The summed E-state index contributed by atoms with van der Waals surface area (Å²) in [5.74, 6) is 0.298. The minimum Gasteiger partial charge on any atom is -0.361 e. The molecule has 4 rings (SSSR count). The van der Waals surface area contributed by atoms with Gasteiger partial charge in [-0.3, -0.25) is 9.69 Å². The third-order valence-corrected chi connectivity index (χ3v) is 5.27. The van der Waals surface area contributed by atoms with Crippen LogP contribution in [0.5, 0.6) is 0 Å². The predicted octanol–water partition coefficient (Wildman–Crippen LogP) is 3.96. The van der Waals surface area contributed by atoms with E-state index in [9.17, 15) is 18.0 Å². The van der Waals surface area contributed by atoms with Gasteiger partial charge in [0.05, 0.1) is 16.8 Å². The lowest BCUT2D eigenvalue weighted by molar-refractivity contribution is -0.137. The summed E-state index contributed by atoms with van der Waals surface area (Å²) < 4.78 is 38.3. The van der Waals surface area contributed by atoms with Crippen molar-refractivity contribution in [2.24, 2.45) is 0 Å². The van der Waals surface area contributed by atoms with Gasteiger partial charge in [-0.2, -0.15) is 13.2 Å². The highest BCUT2D eigenvalue weighted by molar-refractivity contribution is 5.56. The number of halogens is 3. The van der Waals surface area contributed by atoms with Gasteiger partial charge in [-0.25, -0.2) is 4.98 Å².